The highest BCUT2D eigenvalue weighted by Crippen LogP contribution is 2.54. The molecule has 0 radical (unpaired) electrons. The molecule has 1 amide bonds. The van der Waals surface area contributed by atoms with E-state index in [2.05, 4.69) is 47.9 Å². The first-order valence-corrected chi connectivity index (χ1v) is 11.2. The molecule has 29 heavy (non-hydrogen) atoms. The molecule has 2 aromatic rings. The third-order valence-corrected chi connectivity index (χ3v) is 7.44. The van der Waals surface area contributed by atoms with E-state index in [-0.39, 0.29) is 18.2 Å². The number of amides is 1. The Balaban J connectivity index is 1.46. The molecule has 0 N–H and O–H groups in total. The highest BCUT2D eigenvalue weighted by atomic mass is 32.2. The number of thioether (sulfide) groups is 1. The molecular weight excluding hydrogens is 382 g/mol. The lowest BCUT2D eigenvalue weighted by molar-refractivity contribution is -0.131. The van der Waals surface area contributed by atoms with Crippen LogP contribution in [0.15, 0.2) is 65.6 Å². The number of hydrogen-bond donors (Lipinski definition) is 0. The maximum Gasteiger partial charge on any atom is 0.231 e. The summed E-state index contributed by atoms with van der Waals surface area (Å²) in [7, 11) is 0. The van der Waals surface area contributed by atoms with Crippen molar-refractivity contribution in [1.29, 1.82) is 0 Å². The van der Waals surface area contributed by atoms with Gasteiger partial charge >= 0.3 is 0 Å². The van der Waals surface area contributed by atoms with Crippen LogP contribution in [0, 0.1) is 5.92 Å². The Labute approximate surface area is 175 Å². The Morgan fingerprint density at radius 2 is 1.97 bits per heavy atom. The molecule has 5 heteroatoms. The van der Waals surface area contributed by atoms with Crippen molar-refractivity contribution in [2.75, 3.05) is 19.1 Å². The van der Waals surface area contributed by atoms with E-state index in [1.807, 2.05) is 12.1 Å². The van der Waals surface area contributed by atoms with Crippen LogP contribution in [0.4, 0.5) is 0 Å². The average Bonchev–Trinajstić information content (AvgIpc) is 3.31. The van der Waals surface area contributed by atoms with Crippen molar-refractivity contribution in [3.63, 3.8) is 0 Å². The number of ether oxygens (including phenoxy) is 2. The summed E-state index contributed by atoms with van der Waals surface area (Å²) in [6, 6.07) is 16.6. The molecule has 2 aromatic carbocycles. The topological polar surface area (TPSA) is 38.8 Å². The van der Waals surface area contributed by atoms with Crippen LogP contribution in [0.5, 0.6) is 11.5 Å². The minimum atomic E-state index is -0.315. The predicted octanol–water partition coefficient (Wildman–Crippen LogP) is 4.99. The minimum absolute atomic E-state index is 0.260. The van der Waals surface area contributed by atoms with Gasteiger partial charge in [0.25, 0.3) is 0 Å². The average molecular weight is 408 g/mol. The Hall–Kier alpha value is -2.40. The predicted molar refractivity (Wildman–Crippen MR) is 114 cm³/mol. The van der Waals surface area contributed by atoms with Crippen LogP contribution in [-0.2, 0) is 10.3 Å². The fourth-order valence-electron chi connectivity index (χ4n) is 5.12. The van der Waals surface area contributed by atoms with E-state index in [0.29, 0.717) is 12.3 Å². The SMILES string of the molecule is C=C1CC[C@@H]2CC(=O)N(CCSc3ccccc3)[C@]2(c2ccc3c(c2)OCO3)C1. The smallest absolute Gasteiger partial charge is 0.231 e. The Kier molecular flexibility index (Phi) is 4.78. The molecule has 2 heterocycles. The molecule has 3 aliphatic rings. The molecule has 2 aliphatic heterocycles. The summed E-state index contributed by atoms with van der Waals surface area (Å²) < 4.78 is 11.2. The van der Waals surface area contributed by atoms with E-state index in [4.69, 9.17) is 9.47 Å². The van der Waals surface area contributed by atoms with Crippen LogP contribution in [0.3, 0.4) is 0 Å². The summed E-state index contributed by atoms with van der Waals surface area (Å²) in [6.45, 7) is 5.30. The Morgan fingerprint density at radius 1 is 1.14 bits per heavy atom. The Bertz CT molecular complexity index is 944. The number of likely N-dealkylation sites (tertiary alicyclic amines) is 1. The van der Waals surface area contributed by atoms with Gasteiger partial charge < -0.3 is 14.4 Å². The molecule has 2 fully saturated rings. The van der Waals surface area contributed by atoms with Crippen molar-refractivity contribution < 1.29 is 14.3 Å². The van der Waals surface area contributed by atoms with E-state index >= 15 is 0 Å². The number of carbonyl (C=O) groups is 1. The van der Waals surface area contributed by atoms with Gasteiger partial charge in [0.15, 0.2) is 11.5 Å². The normalized spacial score (nSPS) is 25.4. The van der Waals surface area contributed by atoms with Gasteiger partial charge in [0.05, 0.1) is 5.54 Å². The first-order valence-electron chi connectivity index (χ1n) is 10.2. The van der Waals surface area contributed by atoms with Gasteiger partial charge in [0, 0.05) is 23.6 Å². The molecule has 2 atom stereocenters. The van der Waals surface area contributed by atoms with E-state index in [0.717, 1.165) is 48.6 Å². The molecule has 0 bridgehead atoms. The molecule has 4 nitrogen and oxygen atoms in total. The standard InChI is InChI=1S/C24H25NO3S/c1-17-7-8-19-14-23(26)25(11-12-29-20-5-3-2-4-6-20)24(19,15-17)18-9-10-21-22(13-18)28-16-27-21/h2-6,9-10,13,19H,1,7-8,11-12,14-16H2/t19-,24+/m1/s1. The van der Waals surface area contributed by atoms with Crippen molar-refractivity contribution in [1.82, 2.24) is 4.90 Å². The van der Waals surface area contributed by atoms with Crippen molar-refractivity contribution in [3.8, 4) is 11.5 Å². The number of nitrogens with zero attached hydrogens (tertiary/aromatic N) is 1. The molecule has 0 spiro atoms. The monoisotopic (exact) mass is 407 g/mol. The van der Waals surface area contributed by atoms with Gasteiger partial charge in [-0.15, -0.1) is 11.8 Å². The van der Waals surface area contributed by atoms with Crippen LogP contribution in [0.2, 0.25) is 0 Å². The van der Waals surface area contributed by atoms with Crippen molar-refractivity contribution >= 4 is 17.7 Å². The van der Waals surface area contributed by atoms with Crippen LogP contribution < -0.4 is 9.47 Å². The minimum Gasteiger partial charge on any atom is -0.454 e. The maximum absolute atomic E-state index is 13.1. The van der Waals surface area contributed by atoms with Gasteiger partial charge in [-0.25, -0.2) is 0 Å². The second-order valence-electron chi connectivity index (χ2n) is 8.07. The van der Waals surface area contributed by atoms with Gasteiger partial charge in [0.2, 0.25) is 12.7 Å². The second kappa shape index (κ2) is 7.45. The zero-order chi connectivity index (χ0) is 19.8. The molecule has 150 valence electrons. The third kappa shape index (κ3) is 3.21. The third-order valence-electron chi connectivity index (χ3n) is 6.44. The molecular formula is C24H25NO3S. The summed E-state index contributed by atoms with van der Waals surface area (Å²) in [6.07, 6.45) is 3.48. The lowest BCUT2D eigenvalue weighted by Crippen LogP contribution is -2.49. The zero-order valence-electron chi connectivity index (χ0n) is 16.4. The first-order chi connectivity index (χ1) is 14.2. The fourth-order valence-corrected chi connectivity index (χ4v) is 5.98. The Morgan fingerprint density at radius 3 is 2.83 bits per heavy atom. The van der Waals surface area contributed by atoms with E-state index in [1.54, 1.807) is 11.8 Å². The number of benzene rings is 2. The molecule has 1 aliphatic carbocycles. The molecule has 0 aromatic heterocycles. The van der Waals surface area contributed by atoms with Gasteiger partial charge in [0.1, 0.15) is 0 Å². The van der Waals surface area contributed by atoms with Gasteiger partial charge in [-0.05, 0) is 55.0 Å². The molecule has 1 saturated heterocycles. The summed E-state index contributed by atoms with van der Waals surface area (Å²) in [5.74, 6) is 3.02. The quantitative estimate of drug-likeness (QED) is 0.517. The van der Waals surface area contributed by atoms with Gasteiger partial charge in [-0.2, -0.15) is 0 Å². The lowest BCUT2D eigenvalue weighted by Gasteiger charge is -2.46. The number of hydrogen-bond acceptors (Lipinski definition) is 4. The number of rotatable bonds is 5. The summed E-state index contributed by atoms with van der Waals surface area (Å²) >= 11 is 1.80. The second-order valence-corrected chi connectivity index (χ2v) is 9.23. The maximum atomic E-state index is 13.1. The van der Waals surface area contributed by atoms with Crippen LogP contribution >= 0.6 is 11.8 Å². The summed E-state index contributed by atoms with van der Waals surface area (Å²) in [5, 5.41) is 0. The lowest BCUT2D eigenvalue weighted by atomic mass is 9.68. The van der Waals surface area contributed by atoms with Crippen molar-refractivity contribution in [2.24, 2.45) is 5.92 Å². The number of fused-ring (bicyclic) bond motifs is 2. The molecule has 5 rings (SSSR count). The number of carbonyl (C=O) groups excluding carboxylic acids is 1. The largest absolute Gasteiger partial charge is 0.454 e. The van der Waals surface area contributed by atoms with Crippen LogP contribution in [0.25, 0.3) is 0 Å². The van der Waals surface area contributed by atoms with E-state index in [9.17, 15) is 4.79 Å². The highest BCUT2D eigenvalue weighted by molar-refractivity contribution is 7.99. The van der Waals surface area contributed by atoms with E-state index < -0.39 is 0 Å². The summed E-state index contributed by atoms with van der Waals surface area (Å²) in [5.41, 5.74) is 2.07. The molecule has 0 unspecified atom stereocenters. The highest BCUT2D eigenvalue weighted by Gasteiger charge is 2.55. The first kappa shape index (κ1) is 18.6. The van der Waals surface area contributed by atoms with Crippen LogP contribution in [0.1, 0.15) is 31.2 Å². The fraction of sp³-hybridized carbons (Fsp3) is 0.375. The molecule has 1 saturated carbocycles. The zero-order valence-corrected chi connectivity index (χ0v) is 17.2. The van der Waals surface area contributed by atoms with Gasteiger partial charge in [-0.1, -0.05) is 36.4 Å². The van der Waals surface area contributed by atoms with Crippen molar-refractivity contribution in [3.05, 3.63) is 66.2 Å². The van der Waals surface area contributed by atoms with Gasteiger partial charge in [-0.3, -0.25) is 4.79 Å². The van der Waals surface area contributed by atoms with E-state index in [1.165, 1.54) is 10.5 Å². The van der Waals surface area contributed by atoms with Crippen molar-refractivity contribution in [2.45, 2.75) is 36.1 Å². The van der Waals surface area contributed by atoms with Crippen LogP contribution in [-0.4, -0.2) is 29.9 Å². The summed E-state index contributed by atoms with van der Waals surface area (Å²) in [4.78, 5) is 16.5.